The number of carboxylic acids is 1. The maximum Gasteiger partial charge on any atom is 0.326 e. The molecule has 1 aromatic carbocycles. The Hall–Kier alpha value is -1.49. The number of amides is 1. The Morgan fingerprint density at radius 3 is 2.35 bits per heavy atom. The van der Waals surface area contributed by atoms with Crippen LogP contribution in [0.1, 0.15) is 25.8 Å². The minimum atomic E-state index is -1.01. The van der Waals surface area contributed by atoms with Gasteiger partial charge in [0.2, 0.25) is 5.91 Å². The average molecular weight is 295 g/mol. The molecule has 0 aliphatic heterocycles. The van der Waals surface area contributed by atoms with Gasteiger partial charge < -0.3 is 10.4 Å². The Morgan fingerprint density at radius 2 is 1.85 bits per heavy atom. The molecule has 1 rings (SSSR count). The summed E-state index contributed by atoms with van der Waals surface area (Å²) >= 11 is 4.27. The lowest BCUT2D eigenvalue weighted by molar-refractivity contribution is -0.142. The highest BCUT2D eigenvalue weighted by atomic mass is 32.1. The van der Waals surface area contributed by atoms with Crippen molar-refractivity contribution in [2.24, 2.45) is 5.92 Å². The molecule has 2 N–H and O–H groups in total. The molecule has 0 saturated carbocycles. The van der Waals surface area contributed by atoms with Gasteiger partial charge in [0.25, 0.3) is 0 Å². The molecule has 1 amide bonds. The van der Waals surface area contributed by atoms with Gasteiger partial charge in [0.15, 0.2) is 0 Å². The van der Waals surface area contributed by atoms with Gasteiger partial charge in [-0.25, -0.2) is 4.79 Å². The van der Waals surface area contributed by atoms with Crippen molar-refractivity contribution >= 4 is 24.5 Å². The summed E-state index contributed by atoms with van der Waals surface area (Å²) in [7, 11) is 0. The number of thiol groups is 1. The number of aliphatic carboxylic acids is 1. The van der Waals surface area contributed by atoms with Crippen LogP contribution in [0.15, 0.2) is 30.3 Å². The number of benzene rings is 1. The molecule has 110 valence electrons. The molecule has 0 saturated heterocycles. The van der Waals surface area contributed by atoms with Crippen molar-refractivity contribution in [1.82, 2.24) is 5.32 Å². The predicted molar refractivity (Wildman–Crippen MR) is 81.9 cm³/mol. The fourth-order valence-electron chi connectivity index (χ4n) is 1.89. The van der Waals surface area contributed by atoms with E-state index in [-0.39, 0.29) is 11.8 Å². The molecule has 0 fully saturated rings. The quantitative estimate of drug-likeness (QED) is 0.675. The molecule has 1 aromatic rings. The van der Waals surface area contributed by atoms with Crippen LogP contribution in [0.4, 0.5) is 0 Å². The minimum absolute atomic E-state index is 0.198. The third-order valence-electron chi connectivity index (χ3n) is 2.90. The van der Waals surface area contributed by atoms with Crippen molar-refractivity contribution in [3.8, 4) is 0 Å². The van der Waals surface area contributed by atoms with E-state index < -0.39 is 17.3 Å². The van der Waals surface area contributed by atoms with E-state index >= 15 is 0 Å². The number of hydrogen-bond acceptors (Lipinski definition) is 3. The zero-order chi connectivity index (χ0) is 15.1. The van der Waals surface area contributed by atoms with Gasteiger partial charge in [-0.15, -0.1) is 0 Å². The van der Waals surface area contributed by atoms with E-state index in [0.717, 1.165) is 5.56 Å². The third-order valence-corrected chi connectivity index (χ3v) is 3.31. The summed E-state index contributed by atoms with van der Waals surface area (Å²) < 4.78 is 0. The smallest absolute Gasteiger partial charge is 0.326 e. The van der Waals surface area contributed by atoms with Gasteiger partial charge >= 0.3 is 5.97 Å². The van der Waals surface area contributed by atoms with Crippen molar-refractivity contribution in [2.75, 3.05) is 0 Å². The first kappa shape index (κ1) is 16.6. The summed E-state index contributed by atoms with van der Waals surface area (Å²) in [6, 6.07) is 8.67. The van der Waals surface area contributed by atoms with Crippen molar-refractivity contribution in [3.63, 3.8) is 0 Å². The fourth-order valence-corrected chi connectivity index (χ4v) is 2.18. The Bertz CT molecular complexity index is 448. The summed E-state index contributed by atoms with van der Waals surface area (Å²) in [5.41, 5.74) is 0.999. The molecule has 0 aliphatic carbocycles. The molecule has 2 unspecified atom stereocenters. The van der Waals surface area contributed by atoms with Crippen LogP contribution < -0.4 is 5.32 Å². The van der Waals surface area contributed by atoms with Crippen LogP contribution in [-0.4, -0.2) is 28.3 Å². The molecule has 0 aliphatic rings. The Kier molecular flexibility index (Phi) is 6.58. The van der Waals surface area contributed by atoms with E-state index in [2.05, 4.69) is 17.9 Å². The highest BCUT2D eigenvalue weighted by Crippen LogP contribution is 2.10. The minimum Gasteiger partial charge on any atom is -0.480 e. The molecule has 0 heterocycles. The molecular formula is C15H21NO3S. The molecule has 0 aromatic heterocycles. The first-order valence-electron chi connectivity index (χ1n) is 6.65. The van der Waals surface area contributed by atoms with E-state index in [9.17, 15) is 9.59 Å². The summed E-state index contributed by atoms with van der Waals surface area (Å²) in [4.78, 5) is 23.1. The van der Waals surface area contributed by atoms with Crippen LogP contribution in [0.5, 0.6) is 0 Å². The van der Waals surface area contributed by atoms with Crippen LogP contribution in [0, 0.1) is 5.92 Å². The predicted octanol–water partition coefficient (Wildman–Crippen LogP) is 2.14. The van der Waals surface area contributed by atoms with Crippen LogP contribution in [-0.2, 0) is 16.0 Å². The molecular weight excluding hydrogens is 274 g/mol. The molecule has 0 bridgehead atoms. The topological polar surface area (TPSA) is 66.4 Å². The zero-order valence-electron chi connectivity index (χ0n) is 11.7. The second-order valence-electron chi connectivity index (χ2n) is 5.23. The molecule has 4 nitrogen and oxygen atoms in total. The number of rotatable bonds is 7. The van der Waals surface area contributed by atoms with E-state index in [1.54, 1.807) is 0 Å². The van der Waals surface area contributed by atoms with Gasteiger partial charge in [0.1, 0.15) is 6.04 Å². The van der Waals surface area contributed by atoms with E-state index in [0.29, 0.717) is 12.8 Å². The third kappa shape index (κ3) is 5.65. The first-order chi connectivity index (χ1) is 9.40. The molecule has 5 heteroatoms. The Balaban J connectivity index is 2.57. The van der Waals surface area contributed by atoms with Crippen LogP contribution in [0.2, 0.25) is 0 Å². The average Bonchev–Trinajstić information content (AvgIpc) is 2.38. The monoisotopic (exact) mass is 295 g/mol. The van der Waals surface area contributed by atoms with Gasteiger partial charge in [-0.05, 0) is 24.3 Å². The highest BCUT2D eigenvalue weighted by molar-refractivity contribution is 7.81. The van der Waals surface area contributed by atoms with Gasteiger partial charge in [0.05, 0.1) is 5.25 Å². The molecule has 0 spiro atoms. The molecule has 20 heavy (non-hydrogen) atoms. The van der Waals surface area contributed by atoms with Crippen LogP contribution >= 0.6 is 12.6 Å². The van der Waals surface area contributed by atoms with Crippen LogP contribution in [0.3, 0.4) is 0 Å². The van der Waals surface area contributed by atoms with E-state index in [4.69, 9.17) is 5.11 Å². The Labute approximate surface area is 125 Å². The van der Waals surface area contributed by atoms with Gasteiger partial charge in [-0.1, -0.05) is 44.2 Å². The first-order valence-corrected chi connectivity index (χ1v) is 7.17. The maximum atomic E-state index is 12.0. The second kappa shape index (κ2) is 7.94. The van der Waals surface area contributed by atoms with Crippen molar-refractivity contribution in [2.45, 2.75) is 38.0 Å². The van der Waals surface area contributed by atoms with Crippen molar-refractivity contribution in [3.05, 3.63) is 35.9 Å². The van der Waals surface area contributed by atoms with Gasteiger partial charge in [-0.2, -0.15) is 12.6 Å². The van der Waals surface area contributed by atoms with E-state index in [1.807, 2.05) is 44.2 Å². The number of hydrogen-bond donors (Lipinski definition) is 3. The number of carbonyl (C=O) groups is 2. The largest absolute Gasteiger partial charge is 0.480 e. The zero-order valence-corrected chi connectivity index (χ0v) is 12.6. The van der Waals surface area contributed by atoms with Gasteiger partial charge in [-0.3, -0.25) is 4.79 Å². The highest BCUT2D eigenvalue weighted by Gasteiger charge is 2.24. The summed E-state index contributed by atoms with van der Waals surface area (Å²) in [5.74, 6) is -1.15. The maximum absolute atomic E-state index is 12.0. The molecule has 0 radical (unpaired) electrons. The molecule has 2 atom stereocenters. The van der Waals surface area contributed by atoms with Crippen LogP contribution in [0.25, 0.3) is 0 Å². The number of nitrogens with one attached hydrogen (secondary N) is 1. The van der Waals surface area contributed by atoms with Crippen molar-refractivity contribution in [1.29, 1.82) is 0 Å². The number of carbonyl (C=O) groups excluding carboxylic acids is 1. The SMILES string of the molecule is CC(C)CC(NC(=O)C(S)Cc1ccccc1)C(=O)O. The van der Waals surface area contributed by atoms with Crippen molar-refractivity contribution < 1.29 is 14.7 Å². The fraction of sp³-hybridized carbons (Fsp3) is 0.467. The second-order valence-corrected chi connectivity index (χ2v) is 5.86. The number of carboxylic acid groups (broad SMARTS) is 1. The lowest BCUT2D eigenvalue weighted by atomic mass is 10.0. The lowest BCUT2D eigenvalue weighted by Crippen LogP contribution is -2.45. The Morgan fingerprint density at radius 1 is 1.25 bits per heavy atom. The normalized spacial score (nSPS) is 13.8. The summed E-state index contributed by atoms with van der Waals surface area (Å²) in [5, 5.41) is 11.1. The van der Waals surface area contributed by atoms with E-state index in [1.165, 1.54) is 0 Å². The van der Waals surface area contributed by atoms with Gasteiger partial charge in [0, 0.05) is 0 Å². The lowest BCUT2D eigenvalue weighted by Gasteiger charge is -2.19. The summed E-state index contributed by atoms with van der Waals surface area (Å²) in [6.07, 6.45) is 0.886. The summed E-state index contributed by atoms with van der Waals surface area (Å²) in [6.45, 7) is 3.84. The standard InChI is InChI=1S/C15H21NO3S/c1-10(2)8-12(15(18)19)16-14(17)13(20)9-11-6-4-3-5-7-11/h3-7,10,12-13,20H,8-9H2,1-2H3,(H,16,17)(H,18,19).